The molecule has 0 aliphatic carbocycles. The number of rotatable bonds is 6. The molecule has 0 aromatic heterocycles. The van der Waals surface area contributed by atoms with Crippen molar-refractivity contribution in [3.8, 4) is 6.07 Å². The van der Waals surface area contributed by atoms with Crippen LogP contribution >= 0.6 is 0 Å². The van der Waals surface area contributed by atoms with Crippen molar-refractivity contribution in [3.63, 3.8) is 0 Å². The molecule has 1 aromatic carbocycles. The zero-order valence-corrected chi connectivity index (χ0v) is 14.5. The van der Waals surface area contributed by atoms with E-state index >= 15 is 0 Å². The highest BCUT2D eigenvalue weighted by Crippen LogP contribution is 2.30. The maximum absolute atomic E-state index is 12.2. The second kappa shape index (κ2) is 8.74. The van der Waals surface area contributed by atoms with Gasteiger partial charge in [-0.05, 0) is 31.1 Å². The summed E-state index contributed by atoms with van der Waals surface area (Å²) in [6, 6.07) is 11.8. The summed E-state index contributed by atoms with van der Waals surface area (Å²) in [5.74, 6) is 0.309. The molecule has 0 saturated heterocycles. The minimum atomic E-state index is -0.647. The van der Waals surface area contributed by atoms with Crippen molar-refractivity contribution in [2.75, 3.05) is 6.61 Å². The molecule has 130 valence electrons. The van der Waals surface area contributed by atoms with Crippen LogP contribution in [0.3, 0.4) is 0 Å². The Bertz CT molecular complexity index is 741. The number of esters is 1. The topological polar surface area (TPSA) is 68.5 Å². The van der Waals surface area contributed by atoms with Crippen LogP contribution in [-0.2, 0) is 25.6 Å². The normalized spacial score (nSPS) is 18.3. The van der Waals surface area contributed by atoms with Crippen LogP contribution in [0.15, 0.2) is 65.7 Å². The van der Waals surface area contributed by atoms with Crippen molar-refractivity contribution in [3.05, 3.63) is 71.2 Å². The van der Waals surface area contributed by atoms with Crippen LogP contribution in [0, 0.1) is 11.3 Å². The molecule has 5 heteroatoms. The molecule has 1 heterocycles. The predicted molar refractivity (Wildman–Crippen MR) is 92.9 cm³/mol. The van der Waals surface area contributed by atoms with Crippen LogP contribution < -0.4 is 0 Å². The smallest absolute Gasteiger partial charge is 0.341 e. The summed E-state index contributed by atoms with van der Waals surface area (Å²) in [5.41, 5.74) is 1.98. The SMILES string of the molecule is C=C(/C=C1\CC(C#N)OC(C)=C1C(=O)OCC)OCc1ccccc1. The van der Waals surface area contributed by atoms with Crippen molar-refractivity contribution in [2.24, 2.45) is 0 Å². The first-order valence-corrected chi connectivity index (χ1v) is 8.06. The van der Waals surface area contributed by atoms with Crippen molar-refractivity contribution >= 4 is 5.97 Å². The molecule has 2 rings (SSSR count). The van der Waals surface area contributed by atoms with Crippen LogP contribution in [-0.4, -0.2) is 18.7 Å². The number of ether oxygens (including phenoxy) is 3. The van der Waals surface area contributed by atoms with Crippen molar-refractivity contribution in [1.29, 1.82) is 5.26 Å². The number of hydrogen-bond donors (Lipinski definition) is 0. The molecular formula is C20H21NO4. The Kier molecular flexibility index (Phi) is 6.41. The zero-order valence-electron chi connectivity index (χ0n) is 14.5. The average Bonchev–Trinajstić information content (AvgIpc) is 2.60. The minimum absolute atomic E-state index is 0.260. The van der Waals surface area contributed by atoms with Gasteiger partial charge in [0.25, 0.3) is 0 Å². The van der Waals surface area contributed by atoms with Gasteiger partial charge in [-0.25, -0.2) is 4.79 Å². The van der Waals surface area contributed by atoms with Gasteiger partial charge in [-0.2, -0.15) is 5.26 Å². The molecule has 25 heavy (non-hydrogen) atoms. The monoisotopic (exact) mass is 339 g/mol. The molecule has 1 unspecified atom stereocenters. The molecule has 1 aromatic rings. The quantitative estimate of drug-likeness (QED) is 0.582. The van der Waals surface area contributed by atoms with Gasteiger partial charge in [-0.3, -0.25) is 0 Å². The molecule has 0 fully saturated rings. The lowest BCUT2D eigenvalue weighted by atomic mass is 9.95. The van der Waals surface area contributed by atoms with Gasteiger partial charge in [0.05, 0.1) is 6.61 Å². The first-order chi connectivity index (χ1) is 12.0. The van der Waals surface area contributed by atoms with E-state index in [2.05, 4.69) is 12.6 Å². The molecule has 5 nitrogen and oxygen atoms in total. The fourth-order valence-electron chi connectivity index (χ4n) is 2.51. The number of carbonyl (C=O) groups is 1. The standard InChI is InChI=1S/C20H21NO4/c1-4-23-20(22)19-15(3)25-18(12-21)11-17(19)10-14(2)24-13-16-8-6-5-7-9-16/h5-10,18H,2,4,11,13H2,1,3H3/b17-10+. The predicted octanol–water partition coefficient (Wildman–Crippen LogP) is 3.79. The molecule has 0 amide bonds. The Labute approximate surface area is 147 Å². The van der Waals surface area contributed by atoms with Gasteiger partial charge in [0.2, 0.25) is 0 Å². The van der Waals surface area contributed by atoms with E-state index in [-0.39, 0.29) is 13.0 Å². The highest BCUT2D eigenvalue weighted by Gasteiger charge is 2.29. The third kappa shape index (κ3) is 4.98. The van der Waals surface area contributed by atoms with E-state index in [1.165, 1.54) is 0 Å². The highest BCUT2D eigenvalue weighted by molar-refractivity contribution is 5.94. The number of nitriles is 1. The van der Waals surface area contributed by atoms with Gasteiger partial charge >= 0.3 is 5.97 Å². The summed E-state index contributed by atoms with van der Waals surface area (Å²) in [6.45, 7) is 7.90. The van der Waals surface area contributed by atoms with E-state index in [1.807, 2.05) is 30.3 Å². The maximum atomic E-state index is 12.2. The van der Waals surface area contributed by atoms with Gasteiger partial charge in [0.15, 0.2) is 6.10 Å². The van der Waals surface area contributed by atoms with E-state index in [1.54, 1.807) is 19.9 Å². The fourth-order valence-corrected chi connectivity index (χ4v) is 2.51. The van der Waals surface area contributed by atoms with Crippen LogP contribution in [0.25, 0.3) is 0 Å². The van der Waals surface area contributed by atoms with Crippen LogP contribution in [0.4, 0.5) is 0 Å². The van der Waals surface area contributed by atoms with E-state index in [0.717, 1.165) is 5.56 Å². The van der Waals surface area contributed by atoms with E-state index in [0.29, 0.717) is 29.3 Å². The lowest BCUT2D eigenvalue weighted by molar-refractivity contribution is -0.138. The van der Waals surface area contributed by atoms with E-state index in [9.17, 15) is 4.79 Å². The first-order valence-electron chi connectivity index (χ1n) is 8.06. The number of allylic oxidation sites excluding steroid dienone is 2. The Balaban J connectivity index is 2.18. The molecule has 0 bridgehead atoms. The Morgan fingerprint density at radius 1 is 1.40 bits per heavy atom. The lowest BCUT2D eigenvalue weighted by Crippen LogP contribution is -2.23. The summed E-state index contributed by atoms with van der Waals surface area (Å²) in [5, 5.41) is 9.15. The summed E-state index contributed by atoms with van der Waals surface area (Å²) in [4.78, 5) is 12.2. The molecule has 0 N–H and O–H groups in total. The minimum Gasteiger partial charge on any atom is -0.490 e. The van der Waals surface area contributed by atoms with Gasteiger partial charge in [-0.1, -0.05) is 36.9 Å². The van der Waals surface area contributed by atoms with Crippen LogP contribution in [0.2, 0.25) is 0 Å². The van der Waals surface area contributed by atoms with Crippen molar-refractivity contribution in [2.45, 2.75) is 33.0 Å². The Morgan fingerprint density at radius 3 is 2.76 bits per heavy atom. The number of nitrogens with zero attached hydrogens (tertiary/aromatic N) is 1. The van der Waals surface area contributed by atoms with Crippen molar-refractivity contribution < 1.29 is 19.0 Å². The third-order valence-corrected chi connectivity index (χ3v) is 3.62. The number of benzene rings is 1. The van der Waals surface area contributed by atoms with Gasteiger partial charge in [0.1, 0.15) is 29.8 Å². The van der Waals surface area contributed by atoms with Crippen LogP contribution in [0.5, 0.6) is 0 Å². The molecule has 0 saturated carbocycles. The Hall–Kier alpha value is -3.00. The molecule has 1 atom stereocenters. The molecule has 1 aliphatic rings. The van der Waals surface area contributed by atoms with Gasteiger partial charge in [0, 0.05) is 6.42 Å². The summed E-state index contributed by atoms with van der Waals surface area (Å²) >= 11 is 0. The van der Waals surface area contributed by atoms with E-state index < -0.39 is 12.1 Å². The molecular weight excluding hydrogens is 318 g/mol. The molecule has 0 radical (unpaired) electrons. The fraction of sp³-hybridized carbons (Fsp3) is 0.300. The average molecular weight is 339 g/mol. The zero-order chi connectivity index (χ0) is 18.2. The lowest BCUT2D eigenvalue weighted by Gasteiger charge is -2.24. The summed E-state index contributed by atoms with van der Waals surface area (Å²) in [7, 11) is 0. The van der Waals surface area contributed by atoms with Crippen molar-refractivity contribution in [1.82, 2.24) is 0 Å². The van der Waals surface area contributed by atoms with E-state index in [4.69, 9.17) is 19.5 Å². The van der Waals surface area contributed by atoms with Gasteiger partial charge < -0.3 is 14.2 Å². The maximum Gasteiger partial charge on any atom is 0.341 e. The largest absolute Gasteiger partial charge is 0.490 e. The molecule has 1 aliphatic heterocycles. The number of carbonyl (C=O) groups excluding carboxylic acids is 1. The third-order valence-electron chi connectivity index (χ3n) is 3.62. The first kappa shape index (κ1) is 18.3. The van der Waals surface area contributed by atoms with Crippen LogP contribution in [0.1, 0.15) is 25.8 Å². The summed E-state index contributed by atoms with van der Waals surface area (Å²) in [6.07, 6.45) is 1.30. The number of hydrogen-bond acceptors (Lipinski definition) is 5. The second-order valence-corrected chi connectivity index (χ2v) is 5.50. The molecule has 0 spiro atoms. The van der Waals surface area contributed by atoms with Gasteiger partial charge in [-0.15, -0.1) is 0 Å². The summed E-state index contributed by atoms with van der Waals surface area (Å²) < 4.78 is 16.2. The second-order valence-electron chi connectivity index (χ2n) is 5.50. The Morgan fingerprint density at radius 2 is 2.12 bits per heavy atom. The highest BCUT2D eigenvalue weighted by atomic mass is 16.5.